The Kier molecular flexibility index (Phi) is 5.82. The molecule has 2 bridgehead atoms. The number of fused-ring (bicyclic) bond motifs is 2. The first-order valence-corrected chi connectivity index (χ1v) is 10.4. The average Bonchev–Trinajstić information content (AvgIpc) is 3.23. The minimum Gasteiger partial charge on any atom is -0.506 e. The van der Waals surface area contributed by atoms with Crippen molar-refractivity contribution in [2.45, 2.75) is 39.0 Å². The molecule has 0 aliphatic heterocycles. The normalized spacial score (nSPS) is 20.2. The van der Waals surface area contributed by atoms with Crippen LogP contribution in [-0.2, 0) is 27.1 Å². The van der Waals surface area contributed by atoms with Crippen molar-refractivity contribution < 1.29 is 37.4 Å². The smallest absolute Gasteiger partial charge is 0.434 e. The number of hydrogen-bond donors (Lipinski definition) is 1. The van der Waals surface area contributed by atoms with Gasteiger partial charge >= 0.3 is 12.1 Å². The Morgan fingerprint density at radius 3 is 2.27 bits per heavy atom. The van der Waals surface area contributed by atoms with E-state index in [-0.39, 0.29) is 17.9 Å². The monoisotopic (exact) mass is 459 g/mol. The molecule has 33 heavy (non-hydrogen) atoms. The van der Waals surface area contributed by atoms with E-state index in [1.54, 1.807) is 30.3 Å². The molecule has 2 unspecified atom stereocenters. The van der Waals surface area contributed by atoms with E-state index in [1.807, 2.05) is 0 Å². The standard InChI is InChI=1S/C24H20F3NO5/c1-12-16(21(31)18-19(29)14-7-8-15(9-14)20(18)30)10-17(22(28-12)24(25,26)27)23(32)33-11-13-5-3-2-4-6-13/h2-6,10,14-15,31H,7-9,11H2,1H3. The van der Waals surface area contributed by atoms with Crippen LogP contribution in [-0.4, -0.2) is 27.6 Å². The third-order valence-electron chi connectivity index (χ3n) is 6.07. The van der Waals surface area contributed by atoms with Gasteiger partial charge < -0.3 is 9.84 Å². The maximum atomic E-state index is 13.6. The van der Waals surface area contributed by atoms with Gasteiger partial charge in [-0.05, 0) is 37.8 Å². The quantitative estimate of drug-likeness (QED) is 0.311. The number of allylic oxidation sites excluding steroid dienone is 1. The van der Waals surface area contributed by atoms with Gasteiger partial charge in [-0.15, -0.1) is 0 Å². The molecule has 1 N–H and O–H groups in total. The number of aromatic nitrogens is 1. The fourth-order valence-corrected chi connectivity index (χ4v) is 4.37. The second kappa shape index (κ2) is 8.46. The SMILES string of the molecule is Cc1nc(C(F)(F)F)c(C(=O)OCc2ccccc2)cc1C(O)=C1C(=O)C2CCC(C2)C1=O. The van der Waals surface area contributed by atoms with E-state index in [2.05, 4.69) is 4.98 Å². The molecule has 0 spiro atoms. The average molecular weight is 459 g/mol. The highest BCUT2D eigenvalue weighted by Gasteiger charge is 2.46. The first-order valence-electron chi connectivity index (χ1n) is 10.4. The summed E-state index contributed by atoms with van der Waals surface area (Å²) >= 11 is 0. The summed E-state index contributed by atoms with van der Waals surface area (Å²) in [5, 5.41) is 10.8. The van der Waals surface area contributed by atoms with Crippen molar-refractivity contribution in [2.24, 2.45) is 11.8 Å². The number of ketones is 2. The van der Waals surface area contributed by atoms with Crippen LogP contribution in [0.4, 0.5) is 13.2 Å². The molecule has 2 fully saturated rings. The molecule has 2 saturated carbocycles. The number of benzene rings is 1. The van der Waals surface area contributed by atoms with Gasteiger partial charge in [0.15, 0.2) is 17.3 Å². The second-order valence-electron chi connectivity index (χ2n) is 8.24. The number of Topliss-reactive ketones (excluding diaryl/α,β-unsaturated/α-hetero) is 2. The summed E-state index contributed by atoms with van der Waals surface area (Å²) in [6.07, 6.45) is -3.51. The largest absolute Gasteiger partial charge is 0.506 e. The van der Waals surface area contributed by atoms with Gasteiger partial charge in [0.05, 0.1) is 5.56 Å². The van der Waals surface area contributed by atoms with Gasteiger partial charge in [0.2, 0.25) is 0 Å². The summed E-state index contributed by atoms with van der Waals surface area (Å²) in [7, 11) is 0. The zero-order chi connectivity index (χ0) is 23.9. The maximum absolute atomic E-state index is 13.6. The number of rotatable bonds is 4. The molecular weight excluding hydrogens is 439 g/mol. The molecule has 2 atom stereocenters. The Balaban J connectivity index is 1.76. The predicted octanol–water partition coefficient (Wildman–Crippen LogP) is 4.60. The topological polar surface area (TPSA) is 93.6 Å². The number of alkyl halides is 3. The van der Waals surface area contributed by atoms with E-state index in [9.17, 15) is 32.7 Å². The number of hydrogen-bond acceptors (Lipinski definition) is 6. The van der Waals surface area contributed by atoms with E-state index >= 15 is 0 Å². The van der Waals surface area contributed by atoms with Crippen LogP contribution in [0.3, 0.4) is 0 Å². The second-order valence-corrected chi connectivity index (χ2v) is 8.24. The molecular formula is C24H20F3NO5. The minimum atomic E-state index is -4.97. The fourth-order valence-electron chi connectivity index (χ4n) is 4.37. The highest BCUT2D eigenvalue weighted by molar-refractivity contribution is 6.27. The molecule has 4 rings (SSSR count). The number of aliphatic hydroxyl groups is 1. The molecule has 1 aromatic heterocycles. The van der Waals surface area contributed by atoms with Crippen LogP contribution in [0, 0.1) is 18.8 Å². The number of pyridine rings is 1. The van der Waals surface area contributed by atoms with Crippen molar-refractivity contribution in [3.63, 3.8) is 0 Å². The Labute approximate surface area is 187 Å². The van der Waals surface area contributed by atoms with Gasteiger partial charge in [-0.25, -0.2) is 9.78 Å². The molecule has 0 saturated heterocycles. The van der Waals surface area contributed by atoms with Gasteiger partial charge in [0.1, 0.15) is 17.9 Å². The molecule has 1 aromatic carbocycles. The number of aryl methyl sites for hydroxylation is 1. The van der Waals surface area contributed by atoms with Gasteiger partial charge in [0.25, 0.3) is 0 Å². The van der Waals surface area contributed by atoms with Gasteiger partial charge in [0, 0.05) is 23.1 Å². The Hall–Kier alpha value is -3.49. The molecule has 1 heterocycles. The van der Waals surface area contributed by atoms with E-state index in [4.69, 9.17) is 4.74 Å². The Morgan fingerprint density at radius 2 is 1.70 bits per heavy atom. The summed E-state index contributed by atoms with van der Waals surface area (Å²) in [5.41, 5.74) is -2.80. The van der Waals surface area contributed by atoms with Crippen molar-refractivity contribution >= 4 is 23.3 Å². The summed E-state index contributed by atoms with van der Waals surface area (Å²) < 4.78 is 45.9. The summed E-state index contributed by atoms with van der Waals surface area (Å²) in [6.45, 7) is 0.931. The highest BCUT2D eigenvalue weighted by atomic mass is 19.4. The van der Waals surface area contributed by atoms with Crippen molar-refractivity contribution in [1.29, 1.82) is 0 Å². The zero-order valence-electron chi connectivity index (χ0n) is 17.6. The maximum Gasteiger partial charge on any atom is 0.434 e. The third-order valence-corrected chi connectivity index (χ3v) is 6.07. The Bertz CT molecular complexity index is 1150. The molecule has 0 amide bonds. The van der Waals surface area contributed by atoms with Crippen LogP contribution in [0.2, 0.25) is 0 Å². The van der Waals surface area contributed by atoms with E-state index in [0.717, 1.165) is 6.07 Å². The number of nitrogens with zero attached hydrogens (tertiary/aromatic N) is 1. The van der Waals surface area contributed by atoms with Gasteiger partial charge in [-0.1, -0.05) is 30.3 Å². The number of ether oxygens (including phenoxy) is 1. The molecule has 2 aliphatic rings. The van der Waals surface area contributed by atoms with Crippen LogP contribution >= 0.6 is 0 Å². The van der Waals surface area contributed by atoms with Gasteiger partial charge in [-0.3, -0.25) is 9.59 Å². The lowest BCUT2D eigenvalue weighted by Gasteiger charge is -2.21. The summed E-state index contributed by atoms with van der Waals surface area (Å²) in [6, 6.07) is 9.18. The van der Waals surface area contributed by atoms with Crippen LogP contribution < -0.4 is 0 Å². The molecule has 6 nitrogen and oxygen atoms in total. The van der Waals surface area contributed by atoms with Crippen molar-refractivity contribution in [2.75, 3.05) is 0 Å². The summed E-state index contributed by atoms with van der Waals surface area (Å²) in [5.74, 6) is -3.90. The highest BCUT2D eigenvalue weighted by Crippen LogP contribution is 2.42. The van der Waals surface area contributed by atoms with Crippen LogP contribution in [0.25, 0.3) is 5.76 Å². The fraction of sp³-hybridized carbons (Fsp3) is 0.333. The molecule has 2 aliphatic carbocycles. The number of carbonyl (C=O) groups is 3. The Morgan fingerprint density at radius 1 is 1.09 bits per heavy atom. The van der Waals surface area contributed by atoms with Crippen molar-refractivity contribution in [3.8, 4) is 0 Å². The van der Waals surface area contributed by atoms with Crippen LogP contribution in [0.5, 0.6) is 0 Å². The lowest BCUT2D eigenvalue weighted by molar-refractivity contribution is -0.142. The lowest BCUT2D eigenvalue weighted by atomic mass is 9.81. The van der Waals surface area contributed by atoms with Crippen LogP contribution in [0.1, 0.15) is 52.1 Å². The predicted molar refractivity (Wildman–Crippen MR) is 110 cm³/mol. The van der Waals surface area contributed by atoms with E-state index < -0.39 is 58.1 Å². The molecule has 0 radical (unpaired) electrons. The molecule has 172 valence electrons. The molecule has 2 aromatic rings. The van der Waals surface area contributed by atoms with Crippen LogP contribution in [0.15, 0.2) is 42.0 Å². The number of halogens is 3. The van der Waals surface area contributed by atoms with Gasteiger partial charge in [-0.2, -0.15) is 13.2 Å². The first-order chi connectivity index (χ1) is 15.6. The third kappa shape index (κ3) is 4.27. The van der Waals surface area contributed by atoms with E-state index in [0.29, 0.717) is 24.8 Å². The zero-order valence-corrected chi connectivity index (χ0v) is 17.6. The lowest BCUT2D eigenvalue weighted by Crippen LogP contribution is -2.30. The first kappa shape index (κ1) is 22.7. The molecule has 9 heteroatoms. The number of carbonyl (C=O) groups excluding carboxylic acids is 3. The number of esters is 1. The number of aliphatic hydroxyl groups excluding tert-OH is 1. The minimum absolute atomic E-state index is 0.270. The van der Waals surface area contributed by atoms with Crippen molar-refractivity contribution in [3.05, 3.63) is 70.0 Å². The summed E-state index contributed by atoms with van der Waals surface area (Å²) in [4.78, 5) is 41.5. The van der Waals surface area contributed by atoms with Crippen molar-refractivity contribution in [1.82, 2.24) is 4.98 Å². The van der Waals surface area contributed by atoms with E-state index in [1.165, 1.54) is 6.92 Å².